The highest BCUT2D eigenvalue weighted by Gasteiger charge is 2.41. The summed E-state index contributed by atoms with van der Waals surface area (Å²) in [5, 5.41) is 0.798. The highest BCUT2D eigenvalue weighted by molar-refractivity contribution is 6.30. The van der Waals surface area contributed by atoms with Crippen LogP contribution in [0.4, 0.5) is 0 Å². The number of methoxy groups -OCH3 is 1. The molecule has 0 aromatic carbocycles. The Morgan fingerprint density at radius 2 is 2.44 bits per heavy atom. The molecule has 0 radical (unpaired) electrons. The summed E-state index contributed by atoms with van der Waals surface area (Å²) in [6.45, 7) is 3.77. The number of hydrogen-bond donors (Lipinski definition) is 0. The number of halogens is 1. The van der Waals surface area contributed by atoms with Crippen molar-refractivity contribution in [3.63, 3.8) is 0 Å². The van der Waals surface area contributed by atoms with Crippen molar-refractivity contribution in [2.75, 3.05) is 20.3 Å². The molecule has 16 heavy (non-hydrogen) atoms. The van der Waals surface area contributed by atoms with Crippen molar-refractivity contribution in [3.05, 3.63) is 11.2 Å². The van der Waals surface area contributed by atoms with Gasteiger partial charge in [-0.3, -0.25) is 0 Å². The van der Waals surface area contributed by atoms with Gasteiger partial charge in [0.05, 0.1) is 11.6 Å². The zero-order chi connectivity index (χ0) is 11.6. The quantitative estimate of drug-likeness (QED) is 0.763. The van der Waals surface area contributed by atoms with E-state index in [9.17, 15) is 0 Å². The molecule has 2 aliphatic heterocycles. The summed E-state index contributed by atoms with van der Waals surface area (Å²) in [6.07, 6.45) is 6.56. The predicted octanol–water partition coefficient (Wildman–Crippen LogP) is 2.70. The van der Waals surface area contributed by atoms with Crippen LogP contribution < -0.4 is 0 Å². The molecule has 2 aliphatic rings. The molecule has 92 valence electrons. The summed E-state index contributed by atoms with van der Waals surface area (Å²) >= 11 is 6.29. The third-order valence-corrected chi connectivity index (χ3v) is 4.08. The van der Waals surface area contributed by atoms with Gasteiger partial charge < -0.3 is 14.4 Å². The second-order valence-electron chi connectivity index (χ2n) is 4.52. The zero-order valence-corrected chi connectivity index (χ0v) is 10.8. The summed E-state index contributed by atoms with van der Waals surface area (Å²) < 4.78 is 11.3. The topological polar surface area (TPSA) is 21.7 Å². The van der Waals surface area contributed by atoms with E-state index in [-0.39, 0.29) is 11.8 Å². The van der Waals surface area contributed by atoms with E-state index in [4.69, 9.17) is 21.1 Å². The van der Waals surface area contributed by atoms with Crippen LogP contribution in [0.2, 0.25) is 0 Å². The number of hydrogen-bond acceptors (Lipinski definition) is 3. The van der Waals surface area contributed by atoms with E-state index in [1.807, 2.05) is 6.20 Å². The Balaban J connectivity index is 2.05. The highest BCUT2D eigenvalue weighted by Crippen LogP contribution is 2.37. The molecule has 0 aromatic rings. The van der Waals surface area contributed by atoms with Gasteiger partial charge in [0.15, 0.2) is 0 Å². The van der Waals surface area contributed by atoms with Crippen LogP contribution in [0.3, 0.4) is 0 Å². The Kier molecular flexibility index (Phi) is 3.77. The lowest BCUT2D eigenvalue weighted by Gasteiger charge is -2.34. The summed E-state index contributed by atoms with van der Waals surface area (Å²) in [6, 6.07) is 0. The molecule has 0 spiro atoms. The van der Waals surface area contributed by atoms with Gasteiger partial charge in [-0.05, 0) is 25.7 Å². The third-order valence-electron chi connectivity index (χ3n) is 3.64. The fraction of sp³-hybridized carbons (Fsp3) is 0.833. The molecule has 2 rings (SSSR count). The van der Waals surface area contributed by atoms with Gasteiger partial charge in [-0.1, -0.05) is 18.5 Å². The number of ether oxygens (including phenoxy) is 2. The average Bonchev–Trinajstić information content (AvgIpc) is 2.68. The molecular weight excluding hydrogens is 226 g/mol. The maximum absolute atomic E-state index is 6.29. The van der Waals surface area contributed by atoms with Crippen molar-refractivity contribution in [2.24, 2.45) is 0 Å². The van der Waals surface area contributed by atoms with Crippen molar-refractivity contribution in [3.8, 4) is 0 Å². The Morgan fingerprint density at radius 3 is 2.94 bits per heavy atom. The molecule has 2 atom stereocenters. The van der Waals surface area contributed by atoms with E-state index in [0.29, 0.717) is 0 Å². The van der Waals surface area contributed by atoms with Crippen LogP contribution in [0.1, 0.15) is 32.6 Å². The lowest BCUT2D eigenvalue weighted by molar-refractivity contribution is -0.0827. The molecular formula is C12H20ClNO2. The smallest absolute Gasteiger partial charge is 0.129 e. The van der Waals surface area contributed by atoms with Crippen LogP contribution in [0, 0.1) is 0 Å². The molecule has 0 N–H and O–H groups in total. The zero-order valence-electron chi connectivity index (χ0n) is 10.0. The van der Waals surface area contributed by atoms with Crippen LogP contribution in [0.5, 0.6) is 0 Å². The minimum Gasteiger partial charge on any atom is -0.371 e. The van der Waals surface area contributed by atoms with Gasteiger partial charge >= 0.3 is 0 Å². The van der Waals surface area contributed by atoms with Crippen LogP contribution in [-0.4, -0.2) is 37.0 Å². The Hall–Kier alpha value is -0.250. The summed E-state index contributed by atoms with van der Waals surface area (Å²) in [7, 11) is 1.73. The Morgan fingerprint density at radius 1 is 1.62 bits per heavy atom. The Bertz CT molecular complexity index is 270. The largest absolute Gasteiger partial charge is 0.371 e. The first-order chi connectivity index (χ1) is 7.72. The van der Waals surface area contributed by atoms with E-state index in [1.165, 1.54) is 12.8 Å². The third kappa shape index (κ3) is 2.08. The Labute approximate surface area is 102 Å². The van der Waals surface area contributed by atoms with E-state index in [1.54, 1.807) is 7.11 Å². The second-order valence-corrected chi connectivity index (χ2v) is 4.93. The molecule has 2 heterocycles. The molecule has 4 heteroatoms. The van der Waals surface area contributed by atoms with E-state index in [2.05, 4.69) is 11.8 Å². The molecule has 2 unspecified atom stereocenters. The molecule has 3 nitrogen and oxygen atoms in total. The van der Waals surface area contributed by atoms with Gasteiger partial charge in [-0.25, -0.2) is 0 Å². The lowest BCUT2D eigenvalue weighted by atomic mass is 10.0. The first-order valence-corrected chi connectivity index (χ1v) is 6.40. The first kappa shape index (κ1) is 12.2. The highest BCUT2D eigenvalue weighted by atomic mass is 35.5. The predicted molar refractivity (Wildman–Crippen MR) is 64.3 cm³/mol. The van der Waals surface area contributed by atoms with Crippen molar-refractivity contribution < 1.29 is 9.47 Å². The molecule has 0 aliphatic carbocycles. The van der Waals surface area contributed by atoms with Crippen molar-refractivity contribution >= 4 is 11.6 Å². The minimum atomic E-state index is -0.317. The molecule has 0 bridgehead atoms. The van der Waals surface area contributed by atoms with E-state index in [0.717, 1.165) is 31.0 Å². The summed E-state index contributed by atoms with van der Waals surface area (Å²) in [4.78, 5) is 2.19. The van der Waals surface area contributed by atoms with Gasteiger partial charge in [0.1, 0.15) is 11.8 Å². The van der Waals surface area contributed by atoms with Crippen LogP contribution in [-0.2, 0) is 9.47 Å². The lowest BCUT2D eigenvalue weighted by Crippen LogP contribution is -2.42. The molecule has 0 saturated carbocycles. The SMILES string of the molecule is CCC1(OC)CN(C2CCCCO2)C=C1Cl. The van der Waals surface area contributed by atoms with Crippen LogP contribution in [0.15, 0.2) is 11.2 Å². The normalized spacial score (nSPS) is 35.3. The van der Waals surface area contributed by atoms with Crippen molar-refractivity contribution in [1.29, 1.82) is 0 Å². The monoisotopic (exact) mass is 245 g/mol. The molecule has 1 saturated heterocycles. The molecule has 1 fully saturated rings. The van der Waals surface area contributed by atoms with Gasteiger partial charge in [0, 0.05) is 19.9 Å². The van der Waals surface area contributed by atoms with Gasteiger partial charge in [0.2, 0.25) is 0 Å². The van der Waals surface area contributed by atoms with Crippen molar-refractivity contribution in [1.82, 2.24) is 4.90 Å². The maximum Gasteiger partial charge on any atom is 0.129 e. The van der Waals surface area contributed by atoms with E-state index < -0.39 is 0 Å². The second kappa shape index (κ2) is 4.94. The van der Waals surface area contributed by atoms with Crippen LogP contribution in [0.25, 0.3) is 0 Å². The standard InChI is InChI=1S/C12H20ClNO2/c1-3-12(15-2)9-14(8-10(12)13)11-6-4-5-7-16-11/h8,11H,3-7,9H2,1-2H3. The van der Waals surface area contributed by atoms with E-state index >= 15 is 0 Å². The minimum absolute atomic E-state index is 0.186. The fourth-order valence-corrected chi connectivity index (χ4v) is 2.83. The summed E-state index contributed by atoms with van der Waals surface area (Å²) in [5.41, 5.74) is -0.317. The average molecular weight is 246 g/mol. The van der Waals surface area contributed by atoms with Gasteiger partial charge in [-0.15, -0.1) is 0 Å². The van der Waals surface area contributed by atoms with Gasteiger partial charge in [0.25, 0.3) is 0 Å². The number of nitrogens with zero attached hydrogens (tertiary/aromatic N) is 1. The van der Waals surface area contributed by atoms with Gasteiger partial charge in [-0.2, -0.15) is 0 Å². The fourth-order valence-electron chi connectivity index (χ4n) is 2.44. The number of rotatable bonds is 3. The summed E-state index contributed by atoms with van der Waals surface area (Å²) in [5.74, 6) is 0. The van der Waals surface area contributed by atoms with Crippen molar-refractivity contribution in [2.45, 2.75) is 44.4 Å². The van der Waals surface area contributed by atoms with Crippen LogP contribution >= 0.6 is 11.6 Å². The molecule has 0 aromatic heterocycles. The molecule has 0 amide bonds. The first-order valence-electron chi connectivity index (χ1n) is 6.02. The maximum atomic E-state index is 6.29.